The van der Waals surface area contributed by atoms with Crippen molar-refractivity contribution in [2.45, 2.75) is 37.6 Å². The molecule has 31 heavy (non-hydrogen) atoms. The molecule has 2 N–H and O–H groups in total. The van der Waals surface area contributed by atoms with Gasteiger partial charge in [0.05, 0.1) is 17.1 Å². The standard InChI is InChI=1S/C22H27N3O5S/c1-3-30-22(27)17-6-8-18(9-7-17)23-16(2)21(26)24-19-10-12-20(13-11-19)31(28,29)25-14-4-5-15-25/h6-13,16,23H,3-5,14-15H2,1-2H3,(H,24,26)/t16-/m1/s1. The van der Waals surface area contributed by atoms with Crippen molar-refractivity contribution < 1.29 is 22.7 Å². The van der Waals surface area contributed by atoms with Gasteiger partial charge in [-0.15, -0.1) is 0 Å². The van der Waals surface area contributed by atoms with Gasteiger partial charge in [0.15, 0.2) is 0 Å². The molecule has 3 rings (SSSR count). The highest BCUT2D eigenvalue weighted by Crippen LogP contribution is 2.22. The Balaban J connectivity index is 1.57. The summed E-state index contributed by atoms with van der Waals surface area (Å²) in [7, 11) is -3.48. The third-order valence-electron chi connectivity index (χ3n) is 5.00. The van der Waals surface area contributed by atoms with Crippen molar-refractivity contribution in [1.82, 2.24) is 4.31 Å². The zero-order valence-corrected chi connectivity index (χ0v) is 18.4. The summed E-state index contributed by atoms with van der Waals surface area (Å²) < 4.78 is 31.6. The molecule has 1 aliphatic rings. The van der Waals surface area contributed by atoms with Crippen LogP contribution in [0.15, 0.2) is 53.4 Å². The van der Waals surface area contributed by atoms with Crippen molar-refractivity contribution >= 4 is 33.3 Å². The first-order valence-corrected chi connectivity index (χ1v) is 11.7. The van der Waals surface area contributed by atoms with Crippen LogP contribution in [0.3, 0.4) is 0 Å². The third-order valence-corrected chi connectivity index (χ3v) is 6.91. The van der Waals surface area contributed by atoms with Gasteiger partial charge in [0.1, 0.15) is 6.04 Å². The zero-order chi connectivity index (χ0) is 22.4. The Bertz CT molecular complexity index is 1010. The van der Waals surface area contributed by atoms with E-state index in [0.29, 0.717) is 36.6 Å². The van der Waals surface area contributed by atoms with Crippen LogP contribution >= 0.6 is 0 Å². The zero-order valence-electron chi connectivity index (χ0n) is 17.6. The lowest BCUT2D eigenvalue weighted by molar-refractivity contribution is -0.116. The quantitative estimate of drug-likeness (QED) is 0.605. The molecular formula is C22H27N3O5S. The molecule has 1 atom stereocenters. The molecule has 2 aromatic carbocycles. The fraction of sp³-hybridized carbons (Fsp3) is 0.364. The van der Waals surface area contributed by atoms with Crippen molar-refractivity contribution in [3.63, 3.8) is 0 Å². The number of nitrogens with one attached hydrogen (secondary N) is 2. The number of carbonyl (C=O) groups excluding carboxylic acids is 2. The number of sulfonamides is 1. The van der Waals surface area contributed by atoms with E-state index in [1.165, 1.54) is 16.4 Å². The van der Waals surface area contributed by atoms with E-state index < -0.39 is 22.0 Å². The number of hydrogen-bond donors (Lipinski definition) is 2. The Hall–Kier alpha value is -2.91. The molecular weight excluding hydrogens is 418 g/mol. The second-order valence-electron chi connectivity index (χ2n) is 7.29. The molecule has 0 unspecified atom stereocenters. The van der Waals surface area contributed by atoms with Gasteiger partial charge >= 0.3 is 5.97 Å². The molecule has 0 aromatic heterocycles. The summed E-state index contributed by atoms with van der Waals surface area (Å²) in [5, 5.41) is 5.84. The maximum atomic E-state index is 12.6. The fourth-order valence-corrected chi connectivity index (χ4v) is 4.79. The van der Waals surface area contributed by atoms with Crippen LogP contribution in [-0.4, -0.2) is 50.3 Å². The molecule has 0 aliphatic carbocycles. The van der Waals surface area contributed by atoms with Crippen LogP contribution in [0.2, 0.25) is 0 Å². The van der Waals surface area contributed by atoms with Crippen molar-refractivity contribution in [3.05, 3.63) is 54.1 Å². The number of ether oxygens (including phenoxy) is 1. The topological polar surface area (TPSA) is 105 Å². The average molecular weight is 446 g/mol. The predicted molar refractivity (Wildman–Crippen MR) is 119 cm³/mol. The SMILES string of the molecule is CCOC(=O)c1ccc(N[C@H](C)C(=O)Nc2ccc(S(=O)(=O)N3CCCC3)cc2)cc1. The Morgan fingerprint density at radius 2 is 1.58 bits per heavy atom. The van der Waals surface area contributed by atoms with Crippen molar-refractivity contribution in [2.75, 3.05) is 30.3 Å². The second kappa shape index (κ2) is 9.93. The lowest BCUT2D eigenvalue weighted by Crippen LogP contribution is -2.32. The molecule has 1 amide bonds. The van der Waals surface area contributed by atoms with Gasteiger partial charge < -0.3 is 15.4 Å². The molecule has 1 heterocycles. The highest BCUT2D eigenvalue weighted by molar-refractivity contribution is 7.89. The van der Waals surface area contributed by atoms with Gasteiger partial charge in [-0.2, -0.15) is 4.31 Å². The number of nitrogens with zero attached hydrogens (tertiary/aromatic N) is 1. The summed E-state index contributed by atoms with van der Waals surface area (Å²) in [5.41, 5.74) is 1.63. The summed E-state index contributed by atoms with van der Waals surface area (Å²) >= 11 is 0. The van der Waals surface area contributed by atoms with E-state index in [1.54, 1.807) is 50.2 Å². The van der Waals surface area contributed by atoms with Crippen LogP contribution in [-0.2, 0) is 19.6 Å². The van der Waals surface area contributed by atoms with Crippen LogP contribution in [0.4, 0.5) is 11.4 Å². The van der Waals surface area contributed by atoms with Crippen molar-refractivity contribution in [2.24, 2.45) is 0 Å². The van der Waals surface area contributed by atoms with Gasteiger partial charge in [-0.05, 0) is 75.2 Å². The summed E-state index contributed by atoms with van der Waals surface area (Å²) in [4.78, 5) is 24.4. The lowest BCUT2D eigenvalue weighted by Gasteiger charge is -2.17. The molecule has 0 spiro atoms. The summed E-state index contributed by atoms with van der Waals surface area (Å²) in [5.74, 6) is -0.667. The Morgan fingerprint density at radius 3 is 2.16 bits per heavy atom. The number of amides is 1. The van der Waals surface area contributed by atoms with Crippen LogP contribution < -0.4 is 10.6 Å². The smallest absolute Gasteiger partial charge is 0.338 e. The molecule has 8 nitrogen and oxygen atoms in total. The molecule has 1 fully saturated rings. The third kappa shape index (κ3) is 5.62. The lowest BCUT2D eigenvalue weighted by atomic mass is 10.2. The highest BCUT2D eigenvalue weighted by atomic mass is 32.2. The highest BCUT2D eigenvalue weighted by Gasteiger charge is 2.27. The molecule has 2 aromatic rings. The number of carbonyl (C=O) groups is 2. The monoisotopic (exact) mass is 445 g/mol. The van der Waals surface area contributed by atoms with E-state index in [1.807, 2.05) is 0 Å². The van der Waals surface area contributed by atoms with Crippen molar-refractivity contribution in [1.29, 1.82) is 0 Å². The molecule has 1 aliphatic heterocycles. The largest absolute Gasteiger partial charge is 0.462 e. The second-order valence-corrected chi connectivity index (χ2v) is 9.23. The van der Waals surface area contributed by atoms with Gasteiger partial charge in [-0.25, -0.2) is 13.2 Å². The minimum Gasteiger partial charge on any atom is -0.462 e. The molecule has 0 radical (unpaired) electrons. The Morgan fingerprint density at radius 1 is 1.00 bits per heavy atom. The number of anilines is 2. The maximum Gasteiger partial charge on any atom is 0.338 e. The van der Waals surface area contributed by atoms with Crippen LogP contribution in [0.1, 0.15) is 37.0 Å². The van der Waals surface area contributed by atoms with Crippen LogP contribution in [0.5, 0.6) is 0 Å². The number of esters is 1. The first-order chi connectivity index (χ1) is 14.8. The van der Waals surface area contributed by atoms with E-state index in [0.717, 1.165) is 12.8 Å². The minimum absolute atomic E-state index is 0.222. The van der Waals surface area contributed by atoms with Gasteiger partial charge in [-0.1, -0.05) is 0 Å². The fourth-order valence-electron chi connectivity index (χ4n) is 3.27. The van der Waals surface area contributed by atoms with E-state index in [2.05, 4.69) is 10.6 Å². The summed E-state index contributed by atoms with van der Waals surface area (Å²) in [6, 6.07) is 12.3. The Labute approximate surface area is 182 Å². The van der Waals surface area contributed by atoms with E-state index >= 15 is 0 Å². The average Bonchev–Trinajstić information content (AvgIpc) is 3.31. The number of benzene rings is 2. The molecule has 9 heteroatoms. The first-order valence-electron chi connectivity index (χ1n) is 10.3. The molecule has 1 saturated heterocycles. The van der Waals surface area contributed by atoms with E-state index in [4.69, 9.17) is 4.74 Å². The van der Waals surface area contributed by atoms with Crippen LogP contribution in [0.25, 0.3) is 0 Å². The normalized spacial score (nSPS) is 15.3. The van der Waals surface area contributed by atoms with Gasteiger partial charge in [-0.3, -0.25) is 4.79 Å². The summed E-state index contributed by atoms with van der Waals surface area (Å²) in [6.07, 6.45) is 1.76. The van der Waals surface area contributed by atoms with Gasteiger partial charge in [0.25, 0.3) is 0 Å². The maximum absolute atomic E-state index is 12.6. The van der Waals surface area contributed by atoms with E-state index in [-0.39, 0.29) is 10.8 Å². The van der Waals surface area contributed by atoms with E-state index in [9.17, 15) is 18.0 Å². The van der Waals surface area contributed by atoms with Crippen LogP contribution in [0, 0.1) is 0 Å². The van der Waals surface area contributed by atoms with Gasteiger partial charge in [0, 0.05) is 24.5 Å². The minimum atomic E-state index is -3.48. The molecule has 166 valence electrons. The van der Waals surface area contributed by atoms with Gasteiger partial charge in [0.2, 0.25) is 15.9 Å². The van der Waals surface area contributed by atoms with Crippen molar-refractivity contribution in [3.8, 4) is 0 Å². The Kier molecular flexibility index (Phi) is 7.29. The first kappa shape index (κ1) is 22.8. The molecule has 0 saturated carbocycles. The predicted octanol–water partition coefficient (Wildman–Crippen LogP) is 3.09. The number of hydrogen-bond acceptors (Lipinski definition) is 6. The number of rotatable bonds is 8. The molecule has 0 bridgehead atoms. The summed E-state index contributed by atoms with van der Waals surface area (Å²) in [6.45, 7) is 4.85.